The van der Waals surface area contributed by atoms with Gasteiger partial charge in [0, 0.05) is 12.8 Å². The van der Waals surface area contributed by atoms with E-state index in [1.54, 1.807) is 60.7 Å². The number of hydrogen-bond donors (Lipinski definition) is 0. The van der Waals surface area contributed by atoms with Crippen molar-refractivity contribution in [3.05, 3.63) is 89.4 Å². The Kier molecular flexibility index (Phi) is 4.24. The SMILES string of the molecule is O=C1CCCc2oc(C(c3ccccc3)S(=O)(=O)c3ccccc3)cc21. The smallest absolute Gasteiger partial charge is 0.192 e. The summed E-state index contributed by atoms with van der Waals surface area (Å²) in [6.45, 7) is 0. The van der Waals surface area contributed by atoms with E-state index in [-0.39, 0.29) is 10.7 Å². The van der Waals surface area contributed by atoms with Crippen LogP contribution in [0.5, 0.6) is 0 Å². The van der Waals surface area contributed by atoms with Gasteiger partial charge in [0.05, 0.1) is 10.5 Å². The monoisotopic (exact) mass is 366 g/mol. The topological polar surface area (TPSA) is 64.3 Å². The van der Waals surface area contributed by atoms with Crippen LogP contribution in [0.3, 0.4) is 0 Å². The zero-order valence-corrected chi connectivity index (χ0v) is 14.9. The van der Waals surface area contributed by atoms with Gasteiger partial charge in [-0.1, -0.05) is 48.5 Å². The average Bonchev–Trinajstić information content (AvgIpc) is 3.08. The van der Waals surface area contributed by atoms with Crippen molar-refractivity contribution in [2.24, 2.45) is 0 Å². The standard InChI is InChI=1S/C21H18O4S/c22-18-12-7-13-19-17(18)14-20(25-19)21(15-8-3-1-4-9-15)26(23,24)16-10-5-2-6-11-16/h1-6,8-11,14,21H,7,12-13H2. The zero-order valence-electron chi connectivity index (χ0n) is 14.1. The maximum atomic E-state index is 13.4. The van der Waals surface area contributed by atoms with Gasteiger partial charge in [0.15, 0.2) is 15.6 Å². The largest absolute Gasteiger partial charge is 0.464 e. The van der Waals surface area contributed by atoms with Gasteiger partial charge in [-0.15, -0.1) is 0 Å². The fourth-order valence-corrected chi connectivity index (χ4v) is 5.16. The normalized spacial score (nSPS) is 15.5. The third-order valence-corrected chi connectivity index (χ3v) is 6.73. The third kappa shape index (κ3) is 2.88. The molecule has 0 saturated heterocycles. The Hall–Kier alpha value is -2.66. The molecule has 3 aromatic rings. The van der Waals surface area contributed by atoms with Crippen LogP contribution in [-0.2, 0) is 16.3 Å². The van der Waals surface area contributed by atoms with Crippen LogP contribution in [0.1, 0.15) is 45.5 Å². The van der Waals surface area contributed by atoms with Crippen LogP contribution in [0, 0.1) is 0 Å². The van der Waals surface area contributed by atoms with E-state index >= 15 is 0 Å². The van der Waals surface area contributed by atoms with Crippen molar-refractivity contribution in [2.75, 3.05) is 0 Å². The highest BCUT2D eigenvalue weighted by Gasteiger charge is 2.35. The lowest BCUT2D eigenvalue weighted by molar-refractivity contribution is 0.0969. The van der Waals surface area contributed by atoms with Gasteiger partial charge in [-0.05, 0) is 30.2 Å². The van der Waals surface area contributed by atoms with Crippen molar-refractivity contribution in [3.63, 3.8) is 0 Å². The summed E-state index contributed by atoms with van der Waals surface area (Å²) in [7, 11) is -3.73. The van der Waals surface area contributed by atoms with Crippen LogP contribution >= 0.6 is 0 Å². The number of sulfone groups is 1. The molecule has 1 aliphatic rings. The molecule has 0 spiro atoms. The second-order valence-corrected chi connectivity index (χ2v) is 8.44. The highest BCUT2D eigenvalue weighted by molar-refractivity contribution is 7.91. The molecule has 0 saturated carbocycles. The number of carbonyl (C=O) groups is 1. The van der Waals surface area contributed by atoms with Crippen LogP contribution in [0.4, 0.5) is 0 Å². The van der Waals surface area contributed by atoms with Crippen LogP contribution in [-0.4, -0.2) is 14.2 Å². The van der Waals surface area contributed by atoms with Crippen molar-refractivity contribution in [1.82, 2.24) is 0 Å². The zero-order chi connectivity index (χ0) is 18.1. The van der Waals surface area contributed by atoms with E-state index in [1.807, 2.05) is 6.07 Å². The van der Waals surface area contributed by atoms with E-state index in [4.69, 9.17) is 4.42 Å². The minimum absolute atomic E-state index is 0.0187. The lowest BCUT2D eigenvalue weighted by Gasteiger charge is -2.16. The Morgan fingerprint density at radius 1 is 0.885 bits per heavy atom. The van der Waals surface area contributed by atoms with Crippen molar-refractivity contribution >= 4 is 15.6 Å². The first-order chi connectivity index (χ1) is 12.6. The highest BCUT2D eigenvalue weighted by Crippen LogP contribution is 2.38. The fraction of sp³-hybridized carbons (Fsp3) is 0.190. The highest BCUT2D eigenvalue weighted by atomic mass is 32.2. The minimum atomic E-state index is -3.73. The van der Waals surface area contributed by atoms with Crippen molar-refractivity contribution < 1.29 is 17.6 Å². The molecule has 1 unspecified atom stereocenters. The number of furan rings is 1. The number of fused-ring (bicyclic) bond motifs is 1. The lowest BCUT2D eigenvalue weighted by Crippen LogP contribution is -2.14. The van der Waals surface area contributed by atoms with Crippen LogP contribution < -0.4 is 0 Å². The van der Waals surface area contributed by atoms with Gasteiger partial charge in [-0.3, -0.25) is 4.79 Å². The van der Waals surface area contributed by atoms with Gasteiger partial charge < -0.3 is 4.42 Å². The predicted molar refractivity (Wildman–Crippen MR) is 97.9 cm³/mol. The molecule has 132 valence electrons. The maximum Gasteiger partial charge on any atom is 0.192 e. The number of ketones is 1. The molecule has 26 heavy (non-hydrogen) atoms. The van der Waals surface area contributed by atoms with Crippen LogP contribution in [0.2, 0.25) is 0 Å². The Balaban J connectivity index is 1.89. The van der Waals surface area contributed by atoms with Crippen LogP contribution in [0.25, 0.3) is 0 Å². The molecular formula is C21H18O4S. The molecule has 0 radical (unpaired) electrons. The van der Waals surface area contributed by atoms with Gasteiger partial charge >= 0.3 is 0 Å². The molecule has 0 N–H and O–H groups in total. The summed E-state index contributed by atoms with van der Waals surface area (Å²) in [5.41, 5.74) is 1.14. The number of Topliss-reactive ketones (excluding diaryl/α,β-unsaturated/α-hetero) is 1. The second kappa shape index (κ2) is 6.57. The van der Waals surface area contributed by atoms with Gasteiger partial charge in [0.1, 0.15) is 16.8 Å². The van der Waals surface area contributed by atoms with Crippen molar-refractivity contribution in [1.29, 1.82) is 0 Å². The molecule has 0 bridgehead atoms. The van der Waals surface area contributed by atoms with E-state index in [9.17, 15) is 13.2 Å². The molecule has 5 heteroatoms. The number of rotatable bonds is 4. The van der Waals surface area contributed by atoms with Gasteiger partial charge in [-0.25, -0.2) is 8.42 Å². The molecule has 4 rings (SSSR count). The fourth-order valence-electron chi connectivity index (χ4n) is 3.41. The Morgan fingerprint density at radius 3 is 2.19 bits per heavy atom. The summed E-state index contributed by atoms with van der Waals surface area (Å²) < 4.78 is 32.7. The minimum Gasteiger partial charge on any atom is -0.464 e. The molecule has 1 heterocycles. The summed E-state index contributed by atoms with van der Waals surface area (Å²) in [4.78, 5) is 12.4. The third-order valence-electron chi connectivity index (χ3n) is 4.68. The van der Waals surface area contributed by atoms with Crippen molar-refractivity contribution in [2.45, 2.75) is 29.4 Å². The average molecular weight is 366 g/mol. The van der Waals surface area contributed by atoms with E-state index in [2.05, 4.69) is 0 Å². The summed E-state index contributed by atoms with van der Waals surface area (Å²) in [6.07, 6.45) is 1.88. The molecule has 1 aromatic heterocycles. The summed E-state index contributed by atoms with van der Waals surface area (Å²) in [5.74, 6) is 0.922. The Labute approximate surface area is 152 Å². The summed E-state index contributed by atoms with van der Waals surface area (Å²) >= 11 is 0. The first kappa shape index (κ1) is 16.8. The lowest BCUT2D eigenvalue weighted by atomic mass is 9.97. The Bertz CT molecular complexity index is 1030. The number of benzene rings is 2. The van der Waals surface area contributed by atoms with Gasteiger partial charge in [0.2, 0.25) is 0 Å². The first-order valence-corrected chi connectivity index (χ1v) is 10.1. The summed E-state index contributed by atoms with van der Waals surface area (Å²) in [6, 6.07) is 19.0. The van der Waals surface area contributed by atoms with Gasteiger partial charge in [-0.2, -0.15) is 0 Å². The van der Waals surface area contributed by atoms with E-state index in [0.29, 0.717) is 35.5 Å². The summed E-state index contributed by atoms with van der Waals surface area (Å²) in [5, 5.41) is -0.982. The molecule has 0 aliphatic heterocycles. The molecule has 4 nitrogen and oxygen atoms in total. The maximum absolute atomic E-state index is 13.4. The second-order valence-electron chi connectivity index (χ2n) is 6.41. The van der Waals surface area contributed by atoms with E-state index in [1.165, 1.54) is 0 Å². The van der Waals surface area contributed by atoms with Crippen molar-refractivity contribution in [3.8, 4) is 0 Å². The van der Waals surface area contributed by atoms with Crippen LogP contribution in [0.15, 0.2) is 76.0 Å². The van der Waals surface area contributed by atoms with E-state index < -0.39 is 15.1 Å². The number of carbonyl (C=O) groups excluding carboxylic acids is 1. The molecule has 2 aromatic carbocycles. The molecule has 1 atom stereocenters. The number of hydrogen-bond acceptors (Lipinski definition) is 4. The number of aryl methyl sites for hydroxylation is 1. The Morgan fingerprint density at radius 2 is 1.54 bits per heavy atom. The van der Waals surface area contributed by atoms with Gasteiger partial charge in [0.25, 0.3) is 0 Å². The quantitative estimate of drug-likeness (QED) is 0.688. The first-order valence-electron chi connectivity index (χ1n) is 8.57. The molecular weight excluding hydrogens is 348 g/mol. The molecule has 0 amide bonds. The molecule has 1 aliphatic carbocycles. The van der Waals surface area contributed by atoms with E-state index in [0.717, 1.165) is 6.42 Å². The molecule has 0 fully saturated rings. The predicted octanol–water partition coefficient (Wildman–Crippen LogP) is 4.36.